The van der Waals surface area contributed by atoms with E-state index in [-0.39, 0.29) is 11.9 Å². The lowest BCUT2D eigenvalue weighted by atomic mass is 10.4. The second-order valence-electron chi connectivity index (χ2n) is 3.65. The van der Waals surface area contributed by atoms with Gasteiger partial charge in [0.2, 0.25) is 0 Å². The van der Waals surface area contributed by atoms with Gasteiger partial charge in [-0.3, -0.25) is 0 Å². The zero-order valence-corrected chi connectivity index (χ0v) is 11.6. The molecule has 19 heavy (non-hydrogen) atoms. The lowest BCUT2D eigenvalue weighted by Crippen LogP contribution is -2.08. The summed E-state index contributed by atoms with van der Waals surface area (Å²) in [6.45, 7) is 5.25. The molecule has 0 fully saturated rings. The molecule has 0 aromatic rings. The third kappa shape index (κ3) is 12.6. The second-order valence-corrected chi connectivity index (χ2v) is 3.65. The van der Waals surface area contributed by atoms with E-state index in [1.807, 2.05) is 0 Å². The molecule has 0 rings (SSSR count). The van der Waals surface area contributed by atoms with Crippen LogP contribution >= 0.6 is 0 Å². The summed E-state index contributed by atoms with van der Waals surface area (Å²) in [5.74, 6) is -0.670. The van der Waals surface area contributed by atoms with Crippen LogP contribution in [0.15, 0.2) is 24.3 Å². The monoisotopic (exact) mass is 270 g/mol. The van der Waals surface area contributed by atoms with Gasteiger partial charge in [0.15, 0.2) is 0 Å². The van der Waals surface area contributed by atoms with Crippen LogP contribution in [0.1, 0.15) is 26.7 Å². The molecule has 0 spiro atoms. The molecule has 0 aliphatic carbocycles. The van der Waals surface area contributed by atoms with E-state index in [2.05, 4.69) is 0 Å². The van der Waals surface area contributed by atoms with Gasteiger partial charge in [-0.1, -0.05) is 12.2 Å². The molecule has 5 heteroatoms. The largest absolute Gasteiger partial charge is 0.462 e. The minimum absolute atomic E-state index is 0.335. The highest BCUT2D eigenvalue weighted by Gasteiger charge is 1.97. The summed E-state index contributed by atoms with van der Waals surface area (Å²) in [6, 6.07) is 0. The summed E-state index contributed by atoms with van der Waals surface area (Å²) in [5, 5.41) is 0. The fourth-order valence-corrected chi connectivity index (χ4v) is 1.14. The fraction of sp³-hybridized carbons (Fsp3) is 0.571. The van der Waals surface area contributed by atoms with Crippen LogP contribution in [-0.2, 0) is 23.8 Å². The minimum atomic E-state index is -0.335. The quantitative estimate of drug-likeness (QED) is 0.345. The zero-order chi connectivity index (χ0) is 14.3. The first kappa shape index (κ1) is 17.4. The van der Waals surface area contributed by atoms with Crippen molar-refractivity contribution >= 4 is 11.9 Å². The molecular formula is C14H22O5. The van der Waals surface area contributed by atoms with Gasteiger partial charge in [0, 0.05) is 38.2 Å². The third-order valence-electron chi connectivity index (χ3n) is 1.96. The van der Waals surface area contributed by atoms with Gasteiger partial charge >= 0.3 is 11.9 Å². The van der Waals surface area contributed by atoms with Crippen molar-refractivity contribution in [2.45, 2.75) is 26.7 Å². The number of allylic oxidation sites excluding steroid dienone is 2. The Morgan fingerprint density at radius 3 is 1.58 bits per heavy atom. The topological polar surface area (TPSA) is 61.8 Å². The van der Waals surface area contributed by atoms with Gasteiger partial charge in [0.25, 0.3) is 0 Å². The molecule has 0 aromatic heterocycles. The Hall–Kier alpha value is -1.62. The Bertz CT molecular complexity index is 277. The van der Waals surface area contributed by atoms with E-state index in [1.165, 1.54) is 12.2 Å². The highest BCUT2D eigenvalue weighted by molar-refractivity contribution is 5.82. The second kappa shape index (κ2) is 12.8. The molecule has 0 bridgehead atoms. The Kier molecular flexibility index (Phi) is 11.7. The van der Waals surface area contributed by atoms with Gasteiger partial charge in [-0.15, -0.1) is 0 Å². The number of esters is 2. The van der Waals surface area contributed by atoms with Crippen LogP contribution in [0.5, 0.6) is 0 Å². The summed E-state index contributed by atoms with van der Waals surface area (Å²) in [4.78, 5) is 21.9. The number of carbonyl (C=O) groups is 2. The molecule has 5 nitrogen and oxygen atoms in total. The molecule has 0 unspecified atom stereocenters. The summed E-state index contributed by atoms with van der Waals surface area (Å²) < 4.78 is 15.1. The maximum atomic E-state index is 10.9. The summed E-state index contributed by atoms with van der Waals surface area (Å²) in [6.07, 6.45) is 7.32. The van der Waals surface area contributed by atoms with Crippen LogP contribution in [0.2, 0.25) is 0 Å². The number of ether oxygens (including phenoxy) is 3. The van der Waals surface area contributed by atoms with Gasteiger partial charge in [-0.25, -0.2) is 9.59 Å². The van der Waals surface area contributed by atoms with E-state index >= 15 is 0 Å². The van der Waals surface area contributed by atoms with Crippen LogP contribution in [0.4, 0.5) is 0 Å². The van der Waals surface area contributed by atoms with Crippen LogP contribution < -0.4 is 0 Å². The van der Waals surface area contributed by atoms with Gasteiger partial charge in [0.05, 0.1) is 13.2 Å². The number of hydrogen-bond acceptors (Lipinski definition) is 5. The van der Waals surface area contributed by atoms with Crippen molar-refractivity contribution in [3.05, 3.63) is 24.3 Å². The summed E-state index contributed by atoms with van der Waals surface area (Å²) in [5.41, 5.74) is 0. The van der Waals surface area contributed by atoms with E-state index in [0.29, 0.717) is 39.3 Å². The van der Waals surface area contributed by atoms with E-state index in [0.717, 1.165) is 0 Å². The first-order valence-corrected chi connectivity index (χ1v) is 6.37. The van der Waals surface area contributed by atoms with Crippen molar-refractivity contribution in [2.75, 3.05) is 26.4 Å². The van der Waals surface area contributed by atoms with E-state index < -0.39 is 0 Å². The van der Waals surface area contributed by atoms with Crippen molar-refractivity contribution in [2.24, 2.45) is 0 Å². The summed E-state index contributed by atoms with van der Waals surface area (Å²) >= 11 is 0. The molecule has 0 atom stereocenters. The molecule has 0 saturated heterocycles. The maximum absolute atomic E-state index is 10.9. The normalized spacial score (nSPS) is 11.1. The van der Waals surface area contributed by atoms with Crippen LogP contribution in [0, 0.1) is 0 Å². The minimum Gasteiger partial charge on any atom is -0.462 e. The SMILES string of the molecule is CC=CC(=O)OCCCOCCCOC(=O)C=CC. The van der Waals surface area contributed by atoms with Gasteiger partial charge in [0.1, 0.15) is 0 Å². The van der Waals surface area contributed by atoms with Gasteiger partial charge < -0.3 is 14.2 Å². The first-order chi connectivity index (χ1) is 9.20. The molecule has 108 valence electrons. The smallest absolute Gasteiger partial charge is 0.330 e. The maximum Gasteiger partial charge on any atom is 0.330 e. The van der Waals surface area contributed by atoms with Crippen molar-refractivity contribution in [3.63, 3.8) is 0 Å². The van der Waals surface area contributed by atoms with Crippen molar-refractivity contribution in [1.82, 2.24) is 0 Å². The van der Waals surface area contributed by atoms with E-state index in [4.69, 9.17) is 14.2 Å². The third-order valence-corrected chi connectivity index (χ3v) is 1.96. The van der Waals surface area contributed by atoms with Crippen molar-refractivity contribution in [3.8, 4) is 0 Å². The predicted octanol–water partition coefficient (Wildman–Crippen LogP) is 2.02. The Morgan fingerprint density at radius 1 is 0.789 bits per heavy atom. The van der Waals surface area contributed by atoms with Gasteiger partial charge in [-0.2, -0.15) is 0 Å². The number of carbonyl (C=O) groups excluding carboxylic acids is 2. The highest BCUT2D eigenvalue weighted by Crippen LogP contribution is 1.91. The lowest BCUT2D eigenvalue weighted by molar-refractivity contribution is -0.138. The lowest BCUT2D eigenvalue weighted by Gasteiger charge is -2.05. The van der Waals surface area contributed by atoms with Crippen LogP contribution in [-0.4, -0.2) is 38.4 Å². The molecular weight excluding hydrogens is 248 g/mol. The number of hydrogen-bond donors (Lipinski definition) is 0. The number of rotatable bonds is 10. The molecule has 0 radical (unpaired) electrons. The van der Waals surface area contributed by atoms with Crippen LogP contribution in [0.25, 0.3) is 0 Å². The molecule has 0 saturated carbocycles. The average molecular weight is 270 g/mol. The molecule has 0 aliphatic heterocycles. The molecule has 0 heterocycles. The van der Waals surface area contributed by atoms with Crippen molar-refractivity contribution in [1.29, 1.82) is 0 Å². The van der Waals surface area contributed by atoms with E-state index in [1.54, 1.807) is 26.0 Å². The summed E-state index contributed by atoms with van der Waals surface area (Å²) in [7, 11) is 0. The van der Waals surface area contributed by atoms with E-state index in [9.17, 15) is 9.59 Å². The fourth-order valence-electron chi connectivity index (χ4n) is 1.14. The molecule has 0 amide bonds. The Morgan fingerprint density at radius 2 is 1.21 bits per heavy atom. The molecule has 0 aromatic carbocycles. The Labute approximate surface area is 114 Å². The van der Waals surface area contributed by atoms with Gasteiger partial charge in [-0.05, 0) is 13.8 Å². The molecule has 0 aliphatic rings. The van der Waals surface area contributed by atoms with Crippen molar-refractivity contribution < 1.29 is 23.8 Å². The highest BCUT2D eigenvalue weighted by atomic mass is 16.5. The van der Waals surface area contributed by atoms with Crippen LogP contribution in [0.3, 0.4) is 0 Å². The molecule has 0 N–H and O–H groups in total. The average Bonchev–Trinajstić information content (AvgIpc) is 2.37. The zero-order valence-electron chi connectivity index (χ0n) is 11.6. The standard InChI is InChI=1S/C14H22O5/c1-3-7-13(15)18-11-5-9-17-10-6-12-19-14(16)8-4-2/h3-4,7-8H,5-6,9-12H2,1-2H3. The first-order valence-electron chi connectivity index (χ1n) is 6.37. The predicted molar refractivity (Wildman–Crippen MR) is 71.6 cm³/mol. The Balaban J connectivity index is 3.23.